The van der Waals surface area contributed by atoms with Crippen molar-refractivity contribution >= 4 is 11.9 Å². The van der Waals surface area contributed by atoms with Crippen molar-refractivity contribution in [3.8, 4) is 0 Å². The molecule has 0 saturated carbocycles. The molecule has 0 radical (unpaired) electrons. The molecule has 0 spiro atoms. The van der Waals surface area contributed by atoms with Crippen molar-refractivity contribution in [2.24, 2.45) is 0 Å². The van der Waals surface area contributed by atoms with Crippen LogP contribution in [-0.4, -0.2) is 47.4 Å². The number of hydrogen-bond acceptors (Lipinski definition) is 5. The number of allylic oxidation sites excluding steroid dienone is 7. The maximum Gasteiger partial charge on any atom is 0.305 e. The first kappa shape index (κ1) is 89.8. The summed E-state index contributed by atoms with van der Waals surface area (Å²) >= 11 is 0. The predicted molar refractivity (Wildman–Crippen MR) is 407 cm³/mol. The van der Waals surface area contributed by atoms with E-state index in [0.717, 1.165) is 51.4 Å². The van der Waals surface area contributed by atoms with E-state index >= 15 is 0 Å². The van der Waals surface area contributed by atoms with Gasteiger partial charge < -0.3 is 20.3 Å². The van der Waals surface area contributed by atoms with Crippen molar-refractivity contribution in [2.75, 3.05) is 13.2 Å². The quantitative estimate of drug-likeness (QED) is 0.0320. The summed E-state index contributed by atoms with van der Waals surface area (Å²) in [6, 6.07) is -0.628. The molecule has 0 aromatic heterocycles. The number of aliphatic hydroxyl groups excluding tert-OH is 2. The number of unbranched alkanes of at least 4 members (excludes halogenated alkanes) is 62. The monoisotopic (exact) mass is 1290 g/mol. The standard InChI is InChI=1S/C86H163NO5/c1-3-5-7-9-11-13-15-17-19-21-23-24-25-37-40-43-46-50-54-58-62-66-70-74-78-84(89)83(82-88)87-85(90)79-75-71-67-63-59-55-51-47-44-41-38-35-33-31-29-27-26-28-30-32-34-36-39-42-45-49-53-57-61-65-69-73-77-81-92-86(91)80-76-72-68-64-60-56-52-48-22-20-18-16-14-12-10-8-6-4-2/h14,16,20,22,30,32,74,78,83-84,88-89H,3-13,15,17-19,21,23-29,31,33-73,75-77,79-82H2,1-2H3,(H,87,90)/b16-14-,22-20-,32-30-,78-74+. The SMILES string of the molecule is CCCCCC/C=C\C/C=C\CCCCCCCCCC(=O)OCCCCCCCCCCCCCC/C=C\CCCCCCCCCCCCCCCCCCCC(=O)NC(CO)C(O)/C=C/CCCCCCCCCCCCCCCCCCCCCCCC. The van der Waals surface area contributed by atoms with Gasteiger partial charge in [-0.2, -0.15) is 0 Å². The molecule has 0 aliphatic rings. The van der Waals surface area contributed by atoms with Crippen LogP contribution in [0.3, 0.4) is 0 Å². The van der Waals surface area contributed by atoms with Crippen molar-refractivity contribution in [2.45, 2.75) is 475 Å². The molecule has 3 N–H and O–H groups in total. The van der Waals surface area contributed by atoms with E-state index in [2.05, 4.69) is 55.6 Å². The van der Waals surface area contributed by atoms with Gasteiger partial charge in [0.15, 0.2) is 0 Å². The number of hydrogen-bond donors (Lipinski definition) is 3. The lowest BCUT2D eigenvalue weighted by molar-refractivity contribution is -0.143. The van der Waals surface area contributed by atoms with Gasteiger partial charge in [0.2, 0.25) is 5.91 Å². The molecule has 0 rings (SSSR count). The zero-order chi connectivity index (χ0) is 66.3. The minimum Gasteiger partial charge on any atom is -0.466 e. The molecule has 6 nitrogen and oxygen atoms in total. The summed E-state index contributed by atoms with van der Waals surface area (Å²) in [6.07, 6.45) is 108. The smallest absolute Gasteiger partial charge is 0.305 e. The first-order chi connectivity index (χ1) is 45.5. The molecule has 0 bridgehead atoms. The highest BCUT2D eigenvalue weighted by molar-refractivity contribution is 5.76. The number of carbonyl (C=O) groups is 2. The Morgan fingerprint density at radius 2 is 0.543 bits per heavy atom. The molecule has 0 fully saturated rings. The third kappa shape index (κ3) is 76.8. The van der Waals surface area contributed by atoms with Crippen LogP contribution in [0.15, 0.2) is 48.6 Å². The van der Waals surface area contributed by atoms with Crippen LogP contribution in [0.25, 0.3) is 0 Å². The number of nitrogens with one attached hydrogen (secondary N) is 1. The number of esters is 1. The van der Waals surface area contributed by atoms with E-state index in [1.807, 2.05) is 6.08 Å². The molecule has 6 heteroatoms. The summed E-state index contributed by atoms with van der Waals surface area (Å²) in [4.78, 5) is 24.7. The molecule has 2 atom stereocenters. The first-order valence-electron chi connectivity index (χ1n) is 41.9. The number of amides is 1. The maximum absolute atomic E-state index is 12.6. The van der Waals surface area contributed by atoms with Gasteiger partial charge in [-0.3, -0.25) is 9.59 Å². The molecule has 0 heterocycles. The molecule has 0 aliphatic carbocycles. The van der Waals surface area contributed by atoms with E-state index in [9.17, 15) is 19.8 Å². The lowest BCUT2D eigenvalue weighted by Gasteiger charge is -2.20. The topological polar surface area (TPSA) is 95.9 Å². The maximum atomic E-state index is 12.6. The molecule has 0 aromatic carbocycles. The fourth-order valence-electron chi connectivity index (χ4n) is 13.2. The van der Waals surface area contributed by atoms with Gasteiger partial charge in [-0.05, 0) is 89.9 Å². The predicted octanol–water partition coefficient (Wildman–Crippen LogP) is 27.9. The van der Waals surface area contributed by atoms with Gasteiger partial charge >= 0.3 is 5.97 Å². The molecule has 2 unspecified atom stereocenters. The second-order valence-electron chi connectivity index (χ2n) is 28.8. The van der Waals surface area contributed by atoms with Crippen LogP contribution in [0, 0.1) is 0 Å². The van der Waals surface area contributed by atoms with E-state index in [-0.39, 0.29) is 18.5 Å². The van der Waals surface area contributed by atoms with Crippen LogP contribution in [0.5, 0.6) is 0 Å². The molecular weight excluding hydrogens is 1130 g/mol. The molecule has 542 valence electrons. The minimum atomic E-state index is -0.845. The Balaban J connectivity index is 3.37. The van der Waals surface area contributed by atoms with Crippen LogP contribution >= 0.6 is 0 Å². The Kier molecular flexibility index (Phi) is 79.3. The van der Waals surface area contributed by atoms with Crippen molar-refractivity contribution < 1.29 is 24.5 Å². The zero-order valence-electron chi connectivity index (χ0n) is 62.3. The van der Waals surface area contributed by atoms with E-state index in [0.29, 0.717) is 19.4 Å². The normalized spacial score (nSPS) is 12.7. The summed E-state index contributed by atoms with van der Waals surface area (Å²) in [5.41, 5.74) is 0. The Hall–Kier alpha value is -2.18. The van der Waals surface area contributed by atoms with Crippen molar-refractivity contribution in [1.82, 2.24) is 5.32 Å². The van der Waals surface area contributed by atoms with Gasteiger partial charge in [0.05, 0.1) is 25.4 Å². The number of carbonyl (C=O) groups excluding carboxylic acids is 2. The molecule has 0 aromatic rings. The summed E-state index contributed by atoms with van der Waals surface area (Å²) in [7, 11) is 0. The lowest BCUT2D eigenvalue weighted by Crippen LogP contribution is -2.45. The second kappa shape index (κ2) is 81.2. The van der Waals surface area contributed by atoms with Crippen molar-refractivity contribution in [3.63, 3.8) is 0 Å². The van der Waals surface area contributed by atoms with Gasteiger partial charge in [0, 0.05) is 12.8 Å². The average Bonchev–Trinajstić information content (AvgIpc) is 3.77. The number of ether oxygens (including phenoxy) is 1. The van der Waals surface area contributed by atoms with Gasteiger partial charge in [-0.1, -0.05) is 409 Å². The third-order valence-corrected chi connectivity index (χ3v) is 19.6. The van der Waals surface area contributed by atoms with E-state index in [1.54, 1.807) is 6.08 Å². The van der Waals surface area contributed by atoms with Crippen LogP contribution in [0.4, 0.5) is 0 Å². The average molecular weight is 1290 g/mol. The van der Waals surface area contributed by atoms with Gasteiger partial charge in [0.25, 0.3) is 0 Å². The molecule has 92 heavy (non-hydrogen) atoms. The van der Waals surface area contributed by atoms with Crippen LogP contribution in [-0.2, 0) is 14.3 Å². The Morgan fingerprint density at radius 1 is 0.304 bits per heavy atom. The number of aliphatic hydroxyl groups is 2. The molecule has 0 aliphatic heterocycles. The summed E-state index contributed by atoms with van der Waals surface area (Å²) in [5, 5.41) is 23.3. The second-order valence-corrected chi connectivity index (χ2v) is 28.8. The van der Waals surface area contributed by atoms with Crippen molar-refractivity contribution in [1.29, 1.82) is 0 Å². The number of rotatable bonds is 79. The summed E-state index contributed by atoms with van der Waals surface area (Å²) in [5.74, 6) is -0.0482. The van der Waals surface area contributed by atoms with Crippen molar-refractivity contribution in [3.05, 3.63) is 48.6 Å². The first-order valence-corrected chi connectivity index (χ1v) is 41.9. The highest BCUT2D eigenvalue weighted by Gasteiger charge is 2.18. The minimum absolute atomic E-state index is 0.0118. The Bertz CT molecular complexity index is 1540. The van der Waals surface area contributed by atoms with Gasteiger partial charge in [-0.15, -0.1) is 0 Å². The fourth-order valence-corrected chi connectivity index (χ4v) is 13.2. The van der Waals surface area contributed by atoms with Gasteiger partial charge in [0.1, 0.15) is 0 Å². The highest BCUT2D eigenvalue weighted by atomic mass is 16.5. The van der Waals surface area contributed by atoms with Crippen LogP contribution < -0.4 is 5.32 Å². The van der Waals surface area contributed by atoms with Crippen LogP contribution in [0.1, 0.15) is 463 Å². The van der Waals surface area contributed by atoms with E-state index in [1.165, 1.54) is 385 Å². The molecule has 1 amide bonds. The third-order valence-electron chi connectivity index (χ3n) is 19.6. The van der Waals surface area contributed by atoms with Gasteiger partial charge in [-0.25, -0.2) is 0 Å². The largest absolute Gasteiger partial charge is 0.466 e. The summed E-state index contributed by atoms with van der Waals surface area (Å²) in [6.45, 7) is 4.93. The lowest BCUT2D eigenvalue weighted by atomic mass is 10.0. The van der Waals surface area contributed by atoms with Crippen LogP contribution in [0.2, 0.25) is 0 Å². The highest BCUT2D eigenvalue weighted by Crippen LogP contribution is 2.20. The molecule has 0 saturated heterocycles. The zero-order valence-corrected chi connectivity index (χ0v) is 62.3. The Labute approximate surface area is 576 Å². The summed E-state index contributed by atoms with van der Waals surface area (Å²) < 4.78 is 5.51. The fraction of sp³-hybridized carbons (Fsp3) is 0.884. The van der Waals surface area contributed by atoms with E-state index in [4.69, 9.17) is 4.74 Å². The molecular formula is C86H163NO5. The Morgan fingerprint density at radius 3 is 0.848 bits per heavy atom. The van der Waals surface area contributed by atoms with E-state index < -0.39 is 12.1 Å².